The van der Waals surface area contributed by atoms with Crippen LogP contribution in [0.4, 0.5) is 4.39 Å². The molecule has 0 unspecified atom stereocenters. The SMILES string of the molecule is N#Cc1ccc(F)c(COCC2CC2)c1. The van der Waals surface area contributed by atoms with E-state index in [4.69, 9.17) is 10.00 Å². The van der Waals surface area contributed by atoms with Gasteiger partial charge in [-0.1, -0.05) is 0 Å². The molecule has 0 aliphatic heterocycles. The third kappa shape index (κ3) is 2.77. The van der Waals surface area contributed by atoms with Crippen LogP contribution < -0.4 is 0 Å². The van der Waals surface area contributed by atoms with Gasteiger partial charge in [-0.25, -0.2) is 4.39 Å². The molecule has 0 N–H and O–H groups in total. The zero-order valence-corrected chi connectivity index (χ0v) is 8.37. The van der Waals surface area contributed by atoms with E-state index in [9.17, 15) is 4.39 Å². The molecule has 2 nitrogen and oxygen atoms in total. The Bertz CT molecular complexity index is 393. The molecule has 1 aliphatic carbocycles. The van der Waals surface area contributed by atoms with Crippen molar-refractivity contribution < 1.29 is 9.13 Å². The number of rotatable bonds is 4. The van der Waals surface area contributed by atoms with Crippen molar-refractivity contribution in [1.29, 1.82) is 5.26 Å². The zero-order valence-electron chi connectivity index (χ0n) is 8.37. The third-order valence-corrected chi connectivity index (χ3v) is 2.48. The van der Waals surface area contributed by atoms with Crippen LogP contribution in [0.1, 0.15) is 24.0 Å². The lowest BCUT2D eigenvalue weighted by Gasteiger charge is -2.04. The van der Waals surface area contributed by atoms with E-state index in [0.717, 1.165) is 0 Å². The fourth-order valence-corrected chi connectivity index (χ4v) is 1.37. The second-order valence-corrected chi connectivity index (χ2v) is 3.88. The lowest BCUT2D eigenvalue weighted by Crippen LogP contribution is -1.99. The fraction of sp³-hybridized carbons (Fsp3) is 0.417. The van der Waals surface area contributed by atoms with Crippen molar-refractivity contribution in [3.05, 3.63) is 35.1 Å². The third-order valence-electron chi connectivity index (χ3n) is 2.48. The topological polar surface area (TPSA) is 33.0 Å². The summed E-state index contributed by atoms with van der Waals surface area (Å²) in [5.41, 5.74) is 0.941. The highest BCUT2D eigenvalue weighted by molar-refractivity contribution is 5.33. The van der Waals surface area contributed by atoms with Crippen LogP contribution in [0.25, 0.3) is 0 Å². The molecule has 0 bridgehead atoms. The molecule has 0 heterocycles. The van der Waals surface area contributed by atoms with Crippen molar-refractivity contribution in [2.45, 2.75) is 19.4 Å². The number of hydrogen-bond acceptors (Lipinski definition) is 2. The summed E-state index contributed by atoms with van der Waals surface area (Å²) in [6, 6.07) is 6.31. The molecule has 1 aliphatic rings. The Balaban J connectivity index is 1.95. The molecule has 0 aromatic heterocycles. The first-order valence-corrected chi connectivity index (χ1v) is 5.06. The van der Waals surface area contributed by atoms with Gasteiger partial charge in [-0.05, 0) is 37.0 Å². The van der Waals surface area contributed by atoms with E-state index in [-0.39, 0.29) is 12.4 Å². The van der Waals surface area contributed by atoms with E-state index in [1.807, 2.05) is 6.07 Å². The summed E-state index contributed by atoms with van der Waals surface area (Å²) in [6.45, 7) is 0.966. The molecule has 0 radical (unpaired) electrons. The molecule has 1 aromatic carbocycles. The number of ether oxygens (including phenoxy) is 1. The normalized spacial score (nSPS) is 14.9. The average Bonchev–Trinajstić information content (AvgIpc) is 3.05. The molecule has 78 valence electrons. The number of halogens is 1. The van der Waals surface area contributed by atoms with E-state index >= 15 is 0 Å². The Morgan fingerprint density at radius 3 is 2.93 bits per heavy atom. The van der Waals surface area contributed by atoms with Crippen LogP contribution >= 0.6 is 0 Å². The van der Waals surface area contributed by atoms with Crippen LogP contribution in [-0.4, -0.2) is 6.61 Å². The van der Waals surface area contributed by atoms with Crippen molar-refractivity contribution in [2.75, 3.05) is 6.61 Å². The molecule has 1 aromatic rings. The van der Waals surface area contributed by atoms with Gasteiger partial charge < -0.3 is 4.74 Å². The Labute approximate surface area is 88.3 Å². The minimum Gasteiger partial charge on any atom is -0.376 e. The minimum absolute atomic E-state index is 0.262. The van der Waals surface area contributed by atoms with Crippen molar-refractivity contribution in [1.82, 2.24) is 0 Å². The fourth-order valence-electron chi connectivity index (χ4n) is 1.37. The van der Waals surface area contributed by atoms with Crippen LogP contribution in [0.15, 0.2) is 18.2 Å². The Hall–Kier alpha value is -1.40. The quantitative estimate of drug-likeness (QED) is 0.757. The zero-order chi connectivity index (χ0) is 10.7. The summed E-state index contributed by atoms with van der Waals surface area (Å²) in [6.07, 6.45) is 2.45. The van der Waals surface area contributed by atoms with Gasteiger partial charge in [0.25, 0.3) is 0 Å². The number of nitrogens with zero attached hydrogens (tertiary/aromatic N) is 1. The van der Waals surface area contributed by atoms with Crippen LogP contribution in [0.5, 0.6) is 0 Å². The molecular weight excluding hydrogens is 193 g/mol. The lowest BCUT2D eigenvalue weighted by atomic mass is 10.1. The minimum atomic E-state index is -0.301. The van der Waals surface area contributed by atoms with E-state index in [2.05, 4.69) is 0 Å². The Morgan fingerprint density at radius 1 is 1.47 bits per heavy atom. The largest absolute Gasteiger partial charge is 0.376 e. The van der Waals surface area contributed by atoms with Gasteiger partial charge >= 0.3 is 0 Å². The number of benzene rings is 1. The van der Waals surface area contributed by atoms with E-state index in [1.165, 1.54) is 25.0 Å². The summed E-state index contributed by atoms with van der Waals surface area (Å²) in [5.74, 6) is 0.372. The van der Waals surface area contributed by atoms with Crippen molar-refractivity contribution >= 4 is 0 Å². The van der Waals surface area contributed by atoms with Gasteiger partial charge in [-0.15, -0.1) is 0 Å². The van der Waals surface area contributed by atoms with Gasteiger partial charge in [-0.2, -0.15) is 5.26 Å². The number of nitriles is 1. The molecule has 0 amide bonds. The maximum Gasteiger partial charge on any atom is 0.128 e. The van der Waals surface area contributed by atoms with Crippen LogP contribution in [0, 0.1) is 23.1 Å². The highest BCUT2D eigenvalue weighted by atomic mass is 19.1. The smallest absolute Gasteiger partial charge is 0.128 e. The van der Waals surface area contributed by atoms with Crippen molar-refractivity contribution in [3.63, 3.8) is 0 Å². The molecule has 0 saturated heterocycles. The van der Waals surface area contributed by atoms with Crippen LogP contribution in [0.2, 0.25) is 0 Å². The lowest BCUT2D eigenvalue weighted by molar-refractivity contribution is 0.109. The molecule has 15 heavy (non-hydrogen) atoms. The van der Waals surface area contributed by atoms with Gasteiger partial charge in [-0.3, -0.25) is 0 Å². The van der Waals surface area contributed by atoms with E-state index < -0.39 is 0 Å². The summed E-state index contributed by atoms with van der Waals surface area (Å²) in [5, 5.41) is 8.66. The summed E-state index contributed by atoms with van der Waals surface area (Å²) in [7, 11) is 0. The van der Waals surface area contributed by atoms with Crippen LogP contribution in [0.3, 0.4) is 0 Å². The summed E-state index contributed by atoms with van der Waals surface area (Å²) in [4.78, 5) is 0. The molecule has 0 spiro atoms. The second kappa shape index (κ2) is 4.41. The van der Waals surface area contributed by atoms with Gasteiger partial charge in [0.15, 0.2) is 0 Å². The highest BCUT2D eigenvalue weighted by Gasteiger charge is 2.21. The molecule has 0 atom stereocenters. The Kier molecular flexibility index (Phi) is 2.98. The first-order chi connectivity index (χ1) is 7.29. The van der Waals surface area contributed by atoms with Gasteiger partial charge in [0, 0.05) is 12.2 Å². The summed E-state index contributed by atoms with van der Waals surface area (Å²) >= 11 is 0. The van der Waals surface area contributed by atoms with Crippen LogP contribution in [-0.2, 0) is 11.3 Å². The average molecular weight is 205 g/mol. The Morgan fingerprint density at radius 2 is 2.27 bits per heavy atom. The maximum atomic E-state index is 13.3. The second-order valence-electron chi connectivity index (χ2n) is 3.88. The van der Waals surface area contributed by atoms with Crippen molar-refractivity contribution in [2.24, 2.45) is 5.92 Å². The van der Waals surface area contributed by atoms with E-state index in [1.54, 1.807) is 6.07 Å². The van der Waals surface area contributed by atoms with Gasteiger partial charge in [0.1, 0.15) is 5.82 Å². The monoisotopic (exact) mass is 205 g/mol. The first-order valence-electron chi connectivity index (χ1n) is 5.06. The van der Waals surface area contributed by atoms with E-state index in [0.29, 0.717) is 23.7 Å². The standard InChI is InChI=1S/C12H12FNO/c13-12-4-3-10(6-14)5-11(12)8-15-7-9-1-2-9/h3-5,9H,1-2,7-8H2. The first kappa shape index (κ1) is 10.1. The predicted molar refractivity (Wildman–Crippen MR) is 53.5 cm³/mol. The predicted octanol–water partition coefficient (Wildman–Crippen LogP) is 2.62. The molecule has 2 rings (SSSR count). The van der Waals surface area contributed by atoms with Gasteiger partial charge in [0.2, 0.25) is 0 Å². The maximum absolute atomic E-state index is 13.3. The molecule has 1 fully saturated rings. The van der Waals surface area contributed by atoms with Crippen molar-refractivity contribution in [3.8, 4) is 6.07 Å². The molecule has 3 heteroatoms. The molecule has 1 saturated carbocycles. The number of hydrogen-bond donors (Lipinski definition) is 0. The highest BCUT2D eigenvalue weighted by Crippen LogP contribution is 2.29. The molecular formula is C12H12FNO. The van der Waals surface area contributed by atoms with Gasteiger partial charge in [0.05, 0.1) is 18.2 Å². The summed E-state index contributed by atoms with van der Waals surface area (Å²) < 4.78 is 18.6.